The maximum atomic E-state index is 12.1. The number of fused-ring (bicyclic) bond motifs is 3. The van der Waals surface area contributed by atoms with Gasteiger partial charge < -0.3 is 20.0 Å². The Balaban J connectivity index is 1.68. The van der Waals surface area contributed by atoms with E-state index in [4.69, 9.17) is 4.74 Å². The lowest BCUT2D eigenvalue weighted by molar-refractivity contribution is -0.308. The summed E-state index contributed by atoms with van der Waals surface area (Å²) in [5.74, 6) is -0.740. The zero-order chi connectivity index (χ0) is 18.5. The van der Waals surface area contributed by atoms with Crippen molar-refractivity contribution in [2.24, 2.45) is 0 Å². The molecule has 0 aromatic heterocycles. The number of carbonyl (C=O) groups is 2. The number of hydrogen-bond acceptors (Lipinski definition) is 5. The molecule has 1 amide bonds. The van der Waals surface area contributed by atoms with Crippen molar-refractivity contribution in [3.63, 3.8) is 0 Å². The summed E-state index contributed by atoms with van der Waals surface area (Å²) in [6, 6.07) is 15.0. The molecule has 2 aromatic rings. The number of hydrogen-bond donors (Lipinski definition) is 1. The monoisotopic (exact) mass is 370 g/mol. The fraction of sp³-hybridized carbons (Fsp3) is 0.300. The van der Waals surface area contributed by atoms with Gasteiger partial charge in [-0.3, -0.25) is 0 Å². The number of nitrogens with one attached hydrogen (secondary N) is 1. The van der Waals surface area contributed by atoms with Gasteiger partial charge in [-0.2, -0.15) is 11.8 Å². The standard InChI is InChI=1S/C20H21NO4S/c1-26-11-10-18(19(22)23)21-20(24)25-12-17-15-8-4-2-6-13(15)14-7-3-5-9-16(14)17/h2-9,17-18H,10-12H2,1H3,(H,21,24)(H,22,23)/p-1/t18-/m1/s1. The summed E-state index contributed by atoms with van der Waals surface area (Å²) < 4.78 is 5.35. The molecule has 0 spiro atoms. The van der Waals surface area contributed by atoms with Crippen molar-refractivity contribution in [1.29, 1.82) is 0 Å². The van der Waals surface area contributed by atoms with Gasteiger partial charge in [0.25, 0.3) is 0 Å². The zero-order valence-corrected chi connectivity index (χ0v) is 15.3. The van der Waals surface area contributed by atoms with E-state index in [1.165, 1.54) is 11.8 Å². The minimum atomic E-state index is -1.30. The second kappa shape index (κ2) is 8.27. The SMILES string of the molecule is CSCC[C@@H](NC(=O)OCC1c2ccccc2-c2ccccc21)C(=O)[O-]. The molecule has 0 heterocycles. The summed E-state index contributed by atoms with van der Waals surface area (Å²) in [4.78, 5) is 23.2. The summed E-state index contributed by atoms with van der Waals surface area (Å²) in [5.41, 5.74) is 4.51. The Morgan fingerprint density at radius 2 is 1.69 bits per heavy atom. The summed E-state index contributed by atoms with van der Waals surface area (Å²) in [6.07, 6.45) is 1.44. The lowest BCUT2D eigenvalue weighted by Crippen LogP contribution is -2.48. The van der Waals surface area contributed by atoms with E-state index in [1.807, 2.05) is 42.7 Å². The highest BCUT2D eigenvalue weighted by atomic mass is 32.2. The van der Waals surface area contributed by atoms with Crippen LogP contribution >= 0.6 is 11.8 Å². The van der Waals surface area contributed by atoms with Crippen LogP contribution in [-0.4, -0.2) is 36.7 Å². The summed E-state index contributed by atoms with van der Waals surface area (Å²) in [6.45, 7) is 0.155. The quantitative estimate of drug-likeness (QED) is 0.810. The third-order valence-electron chi connectivity index (χ3n) is 4.53. The van der Waals surface area contributed by atoms with E-state index >= 15 is 0 Å². The Morgan fingerprint density at radius 3 is 2.23 bits per heavy atom. The molecule has 0 bridgehead atoms. The number of carbonyl (C=O) groups excluding carboxylic acids is 2. The van der Waals surface area contributed by atoms with Crippen molar-refractivity contribution in [2.45, 2.75) is 18.4 Å². The number of amides is 1. The Hall–Kier alpha value is -2.47. The van der Waals surface area contributed by atoms with Crippen LogP contribution in [0.15, 0.2) is 48.5 Å². The van der Waals surface area contributed by atoms with Gasteiger partial charge in [0.1, 0.15) is 6.61 Å². The molecule has 136 valence electrons. The number of carboxylic acids is 1. The predicted molar refractivity (Wildman–Crippen MR) is 100.0 cm³/mol. The molecule has 1 atom stereocenters. The molecular formula is C20H20NO4S-. The van der Waals surface area contributed by atoms with Crippen LogP contribution < -0.4 is 10.4 Å². The van der Waals surface area contributed by atoms with Gasteiger partial charge in [-0.15, -0.1) is 0 Å². The third-order valence-corrected chi connectivity index (χ3v) is 5.17. The molecule has 6 heteroatoms. The van der Waals surface area contributed by atoms with Crippen molar-refractivity contribution in [2.75, 3.05) is 18.6 Å². The largest absolute Gasteiger partial charge is 0.548 e. The van der Waals surface area contributed by atoms with E-state index in [0.717, 1.165) is 22.3 Å². The van der Waals surface area contributed by atoms with Gasteiger partial charge in [-0.25, -0.2) is 4.79 Å². The van der Waals surface area contributed by atoms with Crippen molar-refractivity contribution < 1.29 is 19.4 Å². The molecule has 0 unspecified atom stereocenters. The van der Waals surface area contributed by atoms with E-state index in [2.05, 4.69) is 17.4 Å². The van der Waals surface area contributed by atoms with Crippen LogP contribution in [-0.2, 0) is 9.53 Å². The van der Waals surface area contributed by atoms with Gasteiger partial charge in [0.2, 0.25) is 0 Å². The maximum absolute atomic E-state index is 12.1. The molecule has 26 heavy (non-hydrogen) atoms. The van der Waals surface area contributed by atoms with Gasteiger partial charge in [0.05, 0.1) is 12.0 Å². The van der Waals surface area contributed by atoms with Crippen LogP contribution in [0.5, 0.6) is 0 Å². The van der Waals surface area contributed by atoms with Crippen molar-refractivity contribution in [3.8, 4) is 11.1 Å². The first kappa shape index (κ1) is 18.3. The molecule has 1 N–H and O–H groups in total. The van der Waals surface area contributed by atoms with Gasteiger partial charge >= 0.3 is 6.09 Å². The molecule has 0 fully saturated rings. The van der Waals surface area contributed by atoms with E-state index in [9.17, 15) is 14.7 Å². The van der Waals surface area contributed by atoms with Gasteiger partial charge in [0, 0.05) is 5.92 Å². The Bertz CT molecular complexity index is 762. The maximum Gasteiger partial charge on any atom is 0.407 e. The van der Waals surface area contributed by atoms with E-state index in [0.29, 0.717) is 12.2 Å². The summed E-state index contributed by atoms with van der Waals surface area (Å²) in [7, 11) is 0. The van der Waals surface area contributed by atoms with Crippen molar-refractivity contribution in [1.82, 2.24) is 5.32 Å². The van der Waals surface area contributed by atoms with E-state index in [-0.39, 0.29) is 12.5 Å². The third kappa shape index (κ3) is 3.85. The molecule has 5 nitrogen and oxygen atoms in total. The minimum absolute atomic E-state index is 0.0549. The molecule has 0 aliphatic heterocycles. The average molecular weight is 370 g/mol. The van der Waals surface area contributed by atoms with Gasteiger partial charge in [-0.1, -0.05) is 48.5 Å². The number of alkyl carbamates (subject to hydrolysis) is 1. The van der Waals surface area contributed by atoms with Crippen LogP contribution in [0.1, 0.15) is 23.5 Å². The Morgan fingerprint density at radius 1 is 1.12 bits per heavy atom. The Kier molecular flexibility index (Phi) is 5.83. The first-order valence-electron chi connectivity index (χ1n) is 8.43. The zero-order valence-electron chi connectivity index (χ0n) is 14.4. The molecule has 0 saturated heterocycles. The van der Waals surface area contributed by atoms with Crippen molar-refractivity contribution >= 4 is 23.8 Å². The number of aliphatic carboxylic acids is 1. The molecule has 0 saturated carbocycles. The van der Waals surface area contributed by atoms with Crippen LogP contribution in [0.4, 0.5) is 4.79 Å². The van der Waals surface area contributed by atoms with Gasteiger partial charge in [0.15, 0.2) is 0 Å². The van der Waals surface area contributed by atoms with Crippen LogP contribution in [0.3, 0.4) is 0 Å². The highest BCUT2D eigenvalue weighted by Crippen LogP contribution is 2.44. The second-order valence-corrected chi connectivity index (χ2v) is 7.11. The average Bonchev–Trinajstić information content (AvgIpc) is 2.97. The van der Waals surface area contributed by atoms with Crippen LogP contribution in [0.25, 0.3) is 11.1 Å². The van der Waals surface area contributed by atoms with Gasteiger partial charge in [-0.05, 0) is 40.7 Å². The fourth-order valence-corrected chi connectivity index (χ4v) is 3.74. The summed E-state index contributed by atoms with van der Waals surface area (Å²) >= 11 is 1.51. The molecule has 0 radical (unpaired) electrons. The van der Waals surface area contributed by atoms with Crippen molar-refractivity contribution in [3.05, 3.63) is 59.7 Å². The normalized spacial score (nSPS) is 13.6. The van der Waals surface area contributed by atoms with E-state index in [1.54, 1.807) is 0 Å². The number of carboxylic acid groups (broad SMARTS) is 1. The first-order chi connectivity index (χ1) is 12.6. The predicted octanol–water partition coefficient (Wildman–Crippen LogP) is 2.40. The number of ether oxygens (including phenoxy) is 1. The number of benzene rings is 2. The number of rotatable bonds is 7. The molecular weight excluding hydrogens is 350 g/mol. The molecule has 1 aliphatic carbocycles. The second-order valence-electron chi connectivity index (χ2n) is 6.12. The van der Waals surface area contributed by atoms with Crippen LogP contribution in [0.2, 0.25) is 0 Å². The molecule has 3 rings (SSSR count). The smallest absolute Gasteiger partial charge is 0.407 e. The summed E-state index contributed by atoms with van der Waals surface area (Å²) in [5, 5.41) is 13.5. The topological polar surface area (TPSA) is 78.5 Å². The highest BCUT2D eigenvalue weighted by Gasteiger charge is 2.29. The molecule has 2 aromatic carbocycles. The van der Waals surface area contributed by atoms with Crippen LogP contribution in [0, 0.1) is 0 Å². The minimum Gasteiger partial charge on any atom is -0.548 e. The lowest BCUT2D eigenvalue weighted by atomic mass is 9.98. The first-order valence-corrected chi connectivity index (χ1v) is 9.82. The number of thioether (sulfide) groups is 1. The van der Waals surface area contributed by atoms with E-state index < -0.39 is 18.1 Å². The lowest BCUT2D eigenvalue weighted by Gasteiger charge is -2.20. The highest BCUT2D eigenvalue weighted by molar-refractivity contribution is 7.98. The fourth-order valence-electron chi connectivity index (χ4n) is 3.27. The Labute approximate surface area is 156 Å². The molecule has 1 aliphatic rings.